The second-order valence-corrected chi connectivity index (χ2v) is 10.4. The minimum atomic E-state index is -0.185. The predicted molar refractivity (Wildman–Crippen MR) is 136 cm³/mol. The van der Waals surface area contributed by atoms with Gasteiger partial charge in [-0.05, 0) is 104 Å². The topological polar surface area (TPSA) is 12.5 Å². The molecule has 2 nitrogen and oxygen atoms in total. The Kier molecular flexibility index (Phi) is 6.09. The first-order valence-corrected chi connectivity index (χ1v) is 12.4. The fraction of sp³-hybridized carbons (Fsp3) is 0.310. The first-order chi connectivity index (χ1) is 15.9. The lowest BCUT2D eigenvalue weighted by Crippen LogP contribution is -2.34. The van der Waals surface area contributed by atoms with E-state index in [0.29, 0.717) is 6.61 Å². The summed E-state index contributed by atoms with van der Waals surface area (Å²) in [6, 6.07) is 20.7. The lowest BCUT2D eigenvalue weighted by atomic mass is 9.93. The molecule has 33 heavy (non-hydrogen) atoms. The van der Waals surface area contributed by atoms with Crippen molar-refractivity contribution in [3.8, 4) is 10.4 Å². The standard InChI is InChI=1S/C29H30FNOS/c1-18-5-6-19(2)29-25(18)16-27(33-29)21-10-13-24-22(15-21)17-32-28(24)26(31(3)4)14-9-20-7-11-23(30)12-8-20/h5-8,10-13,15-16,26,28H,9,14,17H2,1-4H3. The number of thiophene rings is 1. The van der Waals surface area contributed by atoms with Crippen LogP contribution in [0.3, 0.4) is 0 Å². The minimum absolute atomic E-state index is 0.0522. The quantitative estimate of drug-likeness (QED) is 0.297. The van der Waals surface area contributed by atoms with Crippen LogP contribution in [0.15, 0.2) is 60.7 Å². The van der Waals surface area contributed by atoms with Crippen molar-refractivity contribution in [2.45, 2.75) is 45.4 Å². The van der Waals surface area contributed by atoms with Crippen molar-refractivity contribution in [2.24, 2.45) is 0 Å². The van der Waals surface area contributed by atoms with Gasteiger partial charge in [0.1, 0.15) is 5.82 Å². The Bertz CT molecular complexity index is 1250. The molecule has 0 fully saturated rings. The van der Waals surface area contributed by atoms with Gasteiger partial charge in [-0.15, -0.1) is 11.3 Å². The molecule has 0 radical (unpaired) electrons. The Morgan fingerprint density at radius 3 is 2.48 bits per heavy atom. The van der Waals surface area contributed by atoms with Gasteiger partial charge < -0.3 is 9.64 Å². The Morgan fingerprint density at radius 2 is 1.76 bits per heavy atom. The first kappa shape index (κ1) is 22.3. The number of halogens is 1. The third-order valence-electron chi connectivity index (χ3n) is 6.91. The highest BCUT2D eigenvalue weighted by atomic mass is 32.1. The summed E-state index contributed by atoms with van der Waals surface area (Å²) in [6.07, 6.45) is 1.91. The molecule has 2 unspecified atom stereocenters. The van der Waals surface area contributed by atoms with Crippen LogP contribution in [-0.2, 0) is 17.8 Å². The molecule has 170 valence electrons. The van der Waals surface area contributed by atoms with Crippen LogP contribution in [0.2, 0.25) is 0 Å². The van der Waals surface area contributed by atoms with Crippen LogP contribution in [0.1, 0.15) is 40.3 Å². The Morgan fingerprint density at radius 1 is 1.00 bits per heavy atom. The highest BCUT2D eigenvalue weighted by Crippen LogP contribution is 2.41. The number of hydrogen-bond acceptors (Lipinski definition) is 3. The van der Waals surface area contributed by atoms with Gasteiger partial charge in [0.2, 0.25) is 0 Å². The fourth-order valence-corrected chi connectivity index (χ4v) is 6.13. The summed E-state index contributed by atoms with van der Waals surface area (Å²) in [5.74, 6) is -0.185. The molecule has 0 spiro atoms. The molecule has 1 aliphatic heterocycles. The van der Waals surface area contributed by atoms with Gasteiger partial charge in [-0.1, -0.05) is 36.4 Å². The highest BCUT2D eigenvalue weighted by Gasteiger charge is 2.32. The van der Waals surface area contributed by atoms with Crippen molar-refractivity contribution in [1.29, 1.82) is 0 Å². The highest BCUT2D eigenvalue weighted by molar-refractivity contribution is 7.22. The van der Waals surface area contributed by atoms with Crippen LogP contribution in [-0.4, -0.2) is 25.0 Å². The monoisotopic (exact) mass is 459 g/mol. The lowest BCUT2D eigenvalue weighted by molar-refractivity contribution is 0.00519. The van der Waals surface area contributed by atoms with Crippen LogP contribution in [0.5, 0.6) is 0 Å². The molecule has 0 amide bonds. The molecular formula is C29H30FNOS. The number of likely N-dealkylation sites (N-methyl/N-ethyl adjacent to an activating group) is 1. The Hall–Kier alpha value is -2.53. The summed E-state index contributed by atoms with van der Waals surface area (Å²) in [5.41, 5.74) is 7.68. The van der Waals surface area contributed by atoms with E-state index in [1.807, 2.05) is 23.5 Å². The normalized spacial score (nSPS) is 16.5. The lowest BCUT2D eigenvalue weighted by Gasteiger charge is -2.30. The van der Waals surface area contributed by atoms with Crippen molar-refractivity contribution in [3.05, 3.63) is 94.3 Å². The zero-order valence-electron chi connectivity index (χ0n) is 19.7. The van der Waals surface area contributed by atoms with Crippen molar-refractivity contribution >= 4 is 21.4 Å². The number of benzene rings is 3. The molecule has 3 aromatic carbocycles. The maximum atomic E-state index is 13.3. The van der Waals surface area contributed by atoms with E-state index in [-0.39, 0.29) is 18.0 Å². The maximum Gasteiger partial charge on any atom is 0.123 e. The van der Waals surface area contributed by atoms with Crippen LogP contribution in [0, 0.1) is 19.7 Å². The number of nitrogens with zero attached hydrogens (tertiary/aromatic N) is 1. The summed E-state index contributed by atoms with van der Waals surface area (Å²) in [5, 5.41) is 1.36. The van der Waals surface area contributed by atoms with Crippen molar-refractivity contribution in [3.63, 3.8) is 0 Å². The SMILES string of the molecule is Cc1ccc(C)c2sc(-c3ccc4c(c3)COC4C(CCc3ccc(F)cc3)N(C)C)cc12. The van der Waals surface area contributed by atoms with Gasteiger partial charge in [-0.3, -0.25) is 0 Å². The summed E-state index contributed by atoms with van der Waals surface area (Å²) in [6.45, 7) is 5.03. The van der Waals surface area contributed by atoms with Gasteiger partial charge >= 0.3 is 0 Å². The van der Waals surface area contributed by atoms with Gasteiger partial charge in [0.05, 0.1) is 12.7 Å². The molecule has 4 heteroatoms. The first-order valence-electron chi connectivity index (χ1n) is 11.6. The van der Waals surface area contributed by atoms with Crippen molar-refractivity contribution < 1.29 is 9.13 Å². The van der Waals surface area contributed by atoms with E-state index in [1.165, 1.54) is 42.8 Å². The Labute approximate surface area is 199 Å². The molecule has 0 saturated carbocycles. The molecule has 1 aliphatic rings. The van der Waals surface area contributed by atoms with E-state index in [2.05, 4.69) is 69.2 Å². The minimum Gasteiger partial charge on any atom is -0.367 e. The van der Waals surface area contributed by atoms with Gasteiger partial charge in [0, 0.05) is 15.6 Å². The zero-order chi connectivity index (χ0) is 23.1. The number of aryl methyl sites for hydroxylation is 3. The van der Waals surface area contributed by atoms with E-state index >= 15 is 0 Å². The molecule has 4 aromatic rings. The van der Waals surface area contributed by atoms with Crippen LogP contribution in [0.25, 0.3) is 20.5 Å². The van der Waals surface area contributed by atoms with Crippen molar-refractivity contribution in [2.75, 3.05) is 14.1 Å². The zero-order valence-corrected chi connectivity index (χ0v) is 20.5. The molecule has 0 saturated heterocycles. The summed E-state index contributed by atoms with van der Waals surface area (Å²) in [7, 11) is 4.24. The third-order valence-corrected chi connectivity index (χ3v) is 8.23. The van der Waals surface area contributed by atoms with Gasteiger partial charge in [0.15, 0.2) is 0 Å². The van der Waals surface area contributed by atoms with E-state index in [1.54, 1.807) is 12.1 Å². The summed E-state index contributed by atoms with van der Waals surface area (Å²) >= 11 is 1.88. The third kappa shape index (κ3) is 4.35. The molecular weight excluding hydrogens is 429 g/mol. The molecule has 0 N–H and O–H groups in total. The number of rotatable bonds is 6. The molecule has 1 aromatic heterocycles. The van der Waals surface area contributed by atoms with Gasteiger partial charge in [0.25, 0.3) is 0 Å². The second-order valence-electron chi connectivity index (χ2n) is 9.39. The number of hydrogen-bond donors (Lipinski definition) is 0. The molecule has 0 bridgehead atoms. The second kappa shape index (κ2) is 9.02. The largest absolute Gasteiger partial charge is 0.367 e. The molecule has 0 aliphatic carbocycles. The summed E-state index contributed by atoms with van der Waals surface area (Å²) < 4.78 is 21.0. The van der Waals surface area contributed by atoms with E-state index in [9.17, 15) is 4.39 Å². The number of fused-ring (bicyclic) bond motifs is 2. The maximum absolute atomic E-state index is 13.3. The van der Waals surface area contributed by atoms with E-state index < -0.39 is 0 Å². The summed E-state index contributed by atoms with van der Waals surface area (Å²) in [4.78, 5) is 3.57. The fourth-order valence-electron chi connectivity index (χ4n) is 4.93. The van der Waals surface area contributed by atoms with E-state index in [0.717, 1.165) is 18.4 Å². The van der Waals surface area contributed by atoms with Crippen LogP contribution < -0.4 is 0 Å². The Balaban J connectivity index is 1.40. The predicted octanol–water partition coefficient (Wildman–Crippen LogP) is 7.46. The van der Waals surface area contributed by atoms with Gasteiger partial charge in [-0.25, -0.2) is 4.39 Å². The van der Waals surface area contributed by atoms with Crippen LogP contribution >= 0.6 is 11.3 Å². The average molecular weight is 460 g/mol. The molecule has 2 heterocycles. The average Bonchev–Trinajstić information content (AvgIpc) is 3.43. The van der Waals surface area contributed by atoms with E-state index in [4.69, 9.17) is 4.74 Å². The van der Waals surface area contributed by atoms with Crippen molar-refractivity contribution in [1.82, 2.24) is 4.90 Å². The van der Waals surface area contributed by atoms with Gasteiger partial charge in [-0.2, -0.15) is 0 Å². The number of ether oxygens (including phenoxy) is 1. The molecule has 2 atom stereocenters. The molecule has 5 rings (SSSR count). The van der Waals surface area contributed by atoms with Crippen LogP contribution in [0.4, 0.5) is 4.39 Å². The smallest absolute Gasteiger partial charge is 0.123 e.